The van der Waals surface area contributed by atoms with Gasteiger partial charge in [-0.1, -0.05) is 19.1 Å². The van der Waals surface area contributed by atoms with E-state index in [0.717, 1.165) is 6.42 Å². The van der Waals surface area contributed by atoms with Gasteiger partial charge in [0.2, 0.25) is 5.91 Å². The van der Waals surface area contributed by atoms with Crippen LogP contribution in [0.2, 0.25) is 0 Å². The third kappa shape index (κ3) is 5.33. The van der Waals surface area contributed by atoms with Crippen LogP contribution in [0.1, 0.15) is 33.1 Å². The van der Waals surface area contributed by atoms with Crippen LogP contribution in [0.3, 0.4) is 0 Å². The Morgan fingerprint density at radius 1 is 1.41 bits per heavy atom. The third-order valence-electron chi connectivity index (χ3n) is 3.65. The molecule has 7 nitrogen and oxygen atoms in total. The van der Waals surface area contributed by atoms with Crippen LogP contribution in [-0.2, 0) is 4.79 Å². The predicted octanol–water partition coefficient (Wildman–Crippen LogP) is 2.06. The number of anilines is 1. The summed E-state index contributed by atoms with van der Waals surface area (Å²) in [5, 5.41) is 25.7. The number of amides is 1. The van der Waals surface area contributed by atoms with E-state index in [1.807, 2.05) is 13.8 Å². The minimum atomic E-state index is -0.461. The maximum absolute atomic E-state index is 11.9. The number of hydrogen-bond acceptors (Lipinski definition) is 5. The summed E-state index contributed by atoms with van der Waals surface area (Å²) in [7, 11) is 0. The highest BCUT2D eigenvalue weighted by atomic mass is 16.6. The van der Waals surface area contributed by atoms with E-state index in [1.165, 1.54) is 6.07 Å². The number of nitro benzene ring substituents is 1. The summed E-state index contributed by atoms with van der Waals surface area (Å²) in [6, 6.07) is 6.32. The number of nitrogens with one attached hydrogen (secondary N) is 2. The van der Waals surface area contributed by atoms with Crippen molar-refractivity contribution in [3.8, 4) is 0 Å². The lowest BCUT2D eigenvalue weighted by Gasteiger charge is -2.29. The topological polar surface area (TPSA) is 104 Å². The Bertz CT molecular complexity index is 521. The summed E-state index contributed by atoms with van der Waals surface area (Å²) >= 11 is 0. The van der Waals surface area contributed by atoms with Gasteiger partial charge in [0, 0.05) is 31.2 Å². The van der Waals surface area contributed by atoms with E-state index in [-0.39, 0.29) is 24.6 Å². The number of carbonyl (C=O) groups excluding carboxylic acids is 1. The first-order chi connectivity index (χ1) is 10.4. The zero-order valence-electron chi connectivity index (χ0n) is 13.0. The van der Waals surface area contributed by atoms with Gasteiger partial charge >= 0.3 is 0 Å². The molecule has 0 aromatic heterocycles. The van der Waals surface area contributed by atoms with Gasteiger partial charge in [0.05, 0.1) is 4.92 Å². The van der Waals surface area contributed by atoms with E-state index in [4.69, 9.17) is 5.11 Å². The van der Waals surface area contributed by atoms with Crippen molar-refractivity contribution in [1.82, 2.24) is 5.32 Å². The van der Waals surface area contributed by atoms with Gasteiger partial charge in [-0.15, -0.1) is 0 Å². The molecule has 0 bridgehead atoms. The second-order valence-corrected chi connectivity index (χ2v) is 5.39. The Balaban J connectivity index is 2.51. The minimum Gasteiger partial charge on any atom is -0.396 e. The summed E-state index contributed by atoms with van der Waals surface area (Å²) in [5.74, 6) is -0.149. The minimum absolute atomic E-state index is 0.0124. The fourth-order valence-corrected chi connectivity index (χ4v) is 2.07. The Hall–Kier alpha value is -2.15. The highest BCUT2D eigenvalue weighted by Crippen LogP contribution is 2.23. The molecule has 0 fully saturated rings. The quantitative estimate of drug-likeness (QED) is 0.478. The molecule has 122 valence electrons. The molecule has 1 rings (SSSR count). The van der Waals surface area contributed by atoms with Crippen molar-refractivity contribution < 1.29 is 14.8 Å². The maximum Gasteiger partial charge on any atom is 0.292 e. The monoisotopic (exact) mass is 309 g/mol. The van der Waals surface area contributed by atoms with Gasteiger partial charge in [0.1, 0.15) is 5.69 Å². The first-order valence-corrected chi connectivity index (χ1v) is 7.31. The average molecular weight is 309 g/mol. The zero-order chi connectivity index (χ0) is 16.6. The molecule has 0 aliphatic carbocycles. The Morgan fingerprint density at radius 2 is 2.09 bits per heavy atom. The number of carbonyl (C=O) groups is 1. The summed E-state index contributed by atoms with van der Waals surface area (Å²) in [6.07, 6.45) is 1.41. The number of hydrogen-bond donors (Lipinski definition) is 3. The summed E-state index contributed by atoms with van der Waals surface area (Å²) in [5.41, 5.74) is -0.0413. The van der Waals surface area contributed by atoms with E-state index in [9.17, 15) is 14.9 Å². The van der Waals surface area contributed by atoms with E-state index >= 15 is 0 Å². The van der Waals surface area contributed by atoms with Crippen molar-refractivity contribution in [2.45, 2.75) is 38.6 Å². The SMILES string of the molecule is CCC(C)(CCO)NC(=O)CCNc1ccccc1[N+](=O)[O-]. The second kappa shape index (κ2) is 8.33. The molecule has 0 radical (unpaired) electrons. The lowest BCUT2D eigenvalue weighted by molar-refractivity contribution is -0.384. The van der Waals surface area contributed by atoms with Gasteiger partial charge in [-0.05, 0) is 25.8 Å². The molecular formula is C15H23N3O4. The van der Waals surface area contributed by atoms with Crippen molar-refractivity contribution in [2.24, 2.45) is 0 Å². The first-order valence-electron chi connectivity index (χ1n) is 7.31. The van der Waals surface area contributed by atoms with Gasteiger partial charge in [-0.2, -0.15) is 0 Å². The van der Waals surface area contributed by atoms with Crippen LogP contribution in [0.4, 0.5) is 11.4 Å². The standard InChI is InChI=1S/C15H23N3O4/c1-3-15(2,9-11-19)17-14(20)8-10-16-12-6-4-5-7-13(12)18(21)22/h4-7,16,19H,3,8-11H2,1-2H3,(H,17,20). The maximum atomic E-state index is 11.9. The number of rotatable bonds is 9. The number of para-hydroxylation sites is 2. The average Bonchev–Trinajstić information content (AvgIpc) is 2.47. The molecule has 1 amide bonds. The molecule has 0 aliphatic heterocycles. The Labute approximate surface area is 129 Å². The number of aliphatic hydroxyl groups excluding tert-OH is 1. The van der Waals surface area contributed by atoms with Gasteiger partial charge < -0.3 is 15.7 Å². The van der Waals surface area contributed by atoms with Crippen LogP contribution in [0.25, 0.3) is 0 Å². The molecule has 0 aliphatic rings. The molecule has 0 heterocycles. The fraction of sp³-hybridized carbons (Fsp3) is 0.533. The smallest absolute Gasteiger partial charge is 0.292 e. The molecule has 0 spiro atoms. The first kappa shape index (κ1) is 17.9. The lowest BCUT2D eigenvalue weighted by Crippen LogP contribution is -2.46. The van der Waals surface area contributed by atoms with Gasteiger partial charge in [0.15, 0.2) is 0 Å². The highest BCUT2D eigenvalue weighted by Gasteiger charge is 2.23. The van der Waals surface area contributed by atoms with E-state index in [0.29, 0.717) is 18.7 Å². The third-order valence-corrected chi connectivity index (χ3v) is 3.65. The van der Waals surface area contributed by atoms with Crippen LogP contribution >= 0.6 is 0 Å². The van der Waals surface area contributed by atoms with Crippen molar-refractivity contribution in [3.05, 3.63) is 34.4 Å². The highest BCUT2D eigenvalue weighted by molar-refractivity contribution is 5.77. The molecule has 1 aromatic rings. The lowest BCUT2D eigenvalue weighted by atomic mass is 9.95. The molecule has 22 heavy (non-hydrogen) atoms. The van der Waals surface area contributed by atoms with Crippen molar-refractivity contribution in [1.29, 1.82) is 0 Å². The van der Waals surface area contributed by atoms with Gasteiger partial charge in [-0.3, -0.25) is 14.9 Å². The molecule has 1 unspecified atom stereocenters. The normalized spacial score (nSPS) is 13.2. The fourth-order valence-electron chi connectivity index (χ4n) is 2.07. The summed E-state index contributed by atoms with van der Waals surface area (Å²) < 4.78 is 0. The van der Waals surface area contributed by atoms with Gasteiger partial charge in [0.25, 0.3) is 5.69 Å². The molecule has 0 saturated heterocycles. The zero-order valence-corrected chi connectivity index (χ0v) is 13.0. The van der Waals surface area contributed by atoms with Crippen molar-refractivity contribution in [2.75, 3.05) is 18.5 Å². The van der Waals surface area contributed by atoms with E-state index < -0.39 is 10.5 Å². The molecule has 1 atom stereocenters. The number of nitro groups is 1. The summed E-state index contributed by atoms with van der Waals surface area (Å²) in [4.78, 5) is 22.4. The molecule has 1 aromatic carbocycles. The van der Waals surface area contributed by atoms with Crippen LogP contribution < -0.4 is 10.6 Å². The number of nitrogens with zero attached hydrogens (tertiary/aromatic N) is 1. The second-order valence-electron chi connectivity index (χ2n) is 5.39. The Kier molecular flexibility index (Phi) is 6.78. The summed E-state index contributed by atoms with van der Waals surface area (Å²) in [6.45, 7) is 4.15. The van der Waals surface area contributed by atoms with Gasteiger partial charge in [-0.25, -0.2) is 0 Å². The molecule has 3 N–H and O–H groups in total. The van der Waals surface area contributed by atoms with Crippen LogP contribution in [0.5, 0.6) is 0 Å². The van der Waals surface area contributed by atoms with E-state index in [2.05, 4.69) is 10.6 Å². The van der Waals surface area contributed by atoms with E-state index in [1.54, 1.807) is 18.2 Å². The van der Waals surface area contributed by atoms with Crippen LogP contribution in [0.15, 0.2) is 24.3 Å². The van der Waals surface area contributed by atoms with Crippen LogP contribution in [0, 0.1) is 10.1 Å². The molecule has 0 saturated carbocycles. The van der Waals surface area contributed by atoms with Crippen molar-refractivity contribution >= 4 is 17.3 Å². The predicted molar refractivity (Wildman–Crippen MR) is 84.7 cm³/mol. The van der Waals surface area contributed by atoms with Crippen molar-refractivity contribution in [3.63, 3.8) is 0 Å². The largest absolute Gasteiger partial charge is 0.396 e. The van der Waals surface area contributed by atoms with Crippen LogP contribution in [-0.4, -0.2) is 34.6 Å². The molecular weight excluding hydrogens is 286 g/mol. The molecule has 7 heteroatoms. The number of aliphatic hydroxyl groups is 1. The Morgan fingerprint density at radius 3 is 2.68 bits per heavy atom. The number of benzene rings is 1.